The zero-order valence-corrected chi connectivity index (χ0v) is 7.76. The number of oxime groups is 2. The summed E-state index contributed by atoms with van der Waals surface area (Å²) in [5.74, 6) is 0. The van der Waals surface area contributed by atoms with Crippen LogP contribution in [0.5, 0.6) is 0 Å². The molecule has 6 heteroatoms. The van der Waals surface area contributed by atoms with Crippen molar-refractivity contribution in [2.75, 3.05) is 0 Å². The van der Waals surface area contributed by atoms with Gasteiger partial charge in [0, 0.05) is 0 Å². The molecule has 0 aromatic carbocycles. The third-order valence-electron chi connectivity index (χ3n) is 1.28. The van der Waals surface area contributed by atoms with Crippen LogP contribution in [0.2, 0.25) is 0 Å². The average Bonchev–Trinajstić information content (AvgIpc) is 2.15. The minimum Gasteiger partial charge on any atom is -0.411 e. The van der Waals surface area contributed by atoms with E-state index < -0.39 is 0 Å². The zero-order valence-electron chi connectivity index (χ0n) is 7.76. The molecule has 0 unspecified atom stereocenters. The van der Waals surface area contributed by atoms with Crippen LogP contribution in [0.1, 0.15) is 20.8 Å². The molecule has 2 N–H and O–H groups in total. The Labute approximate surface area is 76.0 Å². The maximum absolute atomic E-state index is 8.35. The van der Waals surface area contributed by atoms with Crippen LogP contribution in [0.4, 0.5) is 0 Å². The van der Waals surface area contributed by atoms with E-state index in [9.17, 15) is 0 Å². The van der Waals surface area contributed by atoms with Crippen LogP contribution in [-0.2, 0) is 0 Å². The average molecular weight is 184 g/mol. The van der Waals surface area contributed by atoms with E-state index in [1.807, 2.05) is 0 Å². The standard InChI is InChI=1S/C7H12N4O2/c1-5(10-12)4-8-9-6(2)7(3)11-13/h4,12-13H,1-3H3/b8-4+,9-6+,10-5+,11-7+. The number of hydrogen-bond acceptors (Lipinski definition) is 6. The second-order valence-electron chi connectivity index (χ2n) is 2.36. The number of nitrogens with zero attached hydrogens (tertiary/aromatic N) is 4. The van der Waals surface area contributed by atoms with Crippen molar-refractivity contribution in [2.45, 2.75) is 20.8 Å². The molecule has 0 radical (unpaired) electrons. The molecule has 0 bridgehead atoms. The molecule has 0 saturated carbocycles. The van der Waals surface area contributed by atoms with Crippen LogP contribution < -0.4 is 0 Å². The lowest BCUT2D eigenvalue weighted by molar-refractivity contribution is 0.319. The Hall–Kier alpha value is -1.72. The third-order valence-corrected chi connectivity index (χ3v) is 1.28. The van der Waals surface area contributed by atoms with Gasteiger partial charge in [-0.25, -0.2) is 0 Å². The predicted octanol–water partition coefficient (Wildman–Crippen LogP) is 1.13. The highest BCUT2D eigenvalue weighted by molar-refractivity contribution is 6.40. The van der Waals surface area contributed by atoms with Crippen molar-refractivity contribution in [3.63, 3.8) is 0 Å². The van der Waals surface area contributed by atoms with Crippen molar-refractivity contribution in [1.29, 1.82) is 0 Å². The minimum atomic E-state index is 0.343. The molecule has 13 heavy (non-hydrogen) atoms. The van der Waals surface area contributed by atoms with Gasteiger partial charge in [0.05, 0.1) is 23.3 Å². The van der Waals surface area contributed by atoms with E-state index in [0.29, 0.717) is 17.1 Å². The fourth-order valence-corrected chi connectivity index (χ4v) is 0.370. The molecule has 0 fully saturated rings. The van der Waals surface area contributed by atoms with Gasteiger partial charge in [0.15, 0.2) is 0 Å². The quantitative estimate of drug-likeness (QED) is 0.391. The van der Waals surface area contributed by atoms with Crippen molar-refractivity contribution in [3.05, 3.63) is 0 Å². The molecule has 0 saturated heterocycles. The summed E-state index contributed by atoms with van der Waals surface area (Å²) in [4.78, 5) is 0. The van der Waals surface area contributed by atoms with Gasteiger partial charge in [-0.15, -0.1) is 0 Å². The summed E-state index contributed by atoms with van der Waals surface area (Å²) in [6, 6.07) is 0. The smallest absolute Gasteiger partial charge is 0.0994 e. The second kappa shape index (κ2) is 5.87. The Morgan fingerprint density at radius 1 is 1.00 bits per heavy atom. The molecule has 0 aromatic heterocycles. The molecule has 0 aliphatic rings. The van der Waals surface area contributed by atoms with Crippen LogP contribution in [0.25, 0.3) is 0 Å². The molecular weight excluding hydrogens is 172 g/mol. The molecule has 0 aliphatic carbocycles. The van der Waals surface area contributed by atoms with Gasteiger partial charge in [0.1, 0.15) is 0 Å². The SMILES string of the molecule is CC(/C=N/N=C(C)/C(C)=N/O)=N\O. The summed E-state index contributed by atoms with van der Waals surface area (Å²) in [6.45, 7) is 4.82. The van der Waals surface area contributed by atoms with E-state index in [1.54, 1.807) is 20.8 Å². The summed E-state index contributed by atoms with van der Waals surface area (Å²) in [5, 5.41) is 29.7. The highest BCUT2D eigenvalue weighted by atomic mass is 16.4. The van der Waals surface area contributed by atoms with Crippen LogP contribution in [0.3, 0.4) is 0 Å². The molecule has 6 nitrogen and oxygen atoms in total. The molecule has 0 aliphatic heterocycles. The maximum atomic E-state index is 8.35. The Kier molecular flexibility index (Phi) is 5.09. The monoisotopic (exact) mass is 184 g/mol. The molecule has 0 aromatic rings. The summed E-state index contributed by atoms with van der Waals surface area (Å²) < 4.78 is 0. The summed E-state index contributed by atoms with van der Waals surface area (Å²) >= 11 is 0. The van der Waals surface area contributed by atoms with E-state index in [0.717, 1.165) is 0 Å². The van der Waals surface area contributed by atoms with Gasteiger partial charge in [-0.2, -0.15) is 10.2 Å². The molecule has 72 valence electrons. The fourth-order valence-electron chi connectivity index (χ4n) is 0.370. The van der Waals surface area contributed by atoms with Crippen molar-refractivity contribution in [1.82, 2.24) is 0 Å². The molecule has 0 heterocycles. The van der Waals surface area contributed by atoms with E-state index in [4.69, 9.17) is 10.4 Å². The van der Waals surface area contributed by atoms with Gasteiger partial charge < -0.3 is 10.4 Å². The lowest BCUT2D eigenvalue weighted by atomic mass is 10.3. The first kappa shape index (κ1) is 11.3. The first-order valence-electron chi connectivity index (χ1n) is 3.57. The van der Waals surface area contributed by atoms with Gasteiger partial charge in [0.2, 0.25) is 0 Å². The zero-order chi connectivity index (χ0) is 10.3. The second-order valence-corrected chi connectivity index (χ2v) is 2.36. The van der Waals surface area contributed by atoms with Crippen molar-refractivity contribution >= 4 is 23.3 Å². The highest BCUT2D eigenvalue weighted by Crippen LogP contribution is 1.84. The van der Waals surface area contributed by atoms with Gasteiger partial charge >= 0.3 is 0 Å². The predicted molar refractivity (Wildman–Crippen MR) is 51.4 cm³/mol. The van der Waals surface area contributed by atoms with Gasteiger partial charge in [-0.05, 0) is 20.8 Å². The number of hydrogen-bond donors (Lipinski definition) is 2. The lowest BCUT2D eigenvalue weighted by Gasteiger charge is -1.91. The van der Waals surface area contributed by atoms with Crippen LogP contribution in [-0.4, -0.2) is 33.8 Å². The normalized spacial score (nSPS) is 15.5. The highest BCUT2D eigenvalue weighted by Gasteiger charge is 1.94. The molecule has 0 atom stereocenters. The van der Waals surface area contributed by atoms with Crippen LogP contribution in [0.15, 0.2) is 20.5 Å². The first-order valence-corrected chi connectivity index (χ1v) is 3.57. The summed E-state index contributed by atoms with van der Waals surface area (Å²) in [7, 11) is 0. The van der Waals surface area contributed by atoms with Crippen molar-refractivity contribution in [3.8, 4) is 0 Å². The fraction of sp³-hybridized carbons (Fsp3) is 0.429. The Morgan fingerprint density at radius 2 is 1.62 bits per heavy atom. The first-order chi connectivity index (χ1) is 6.11. The summed E-state index contributed by atoms with van der Waals surface area (Å²) in [6.07, 6.45) is 1.29. The van der Waals surface area contributed by atoms with Gasteiger partial charge in [-0.3, -0.25) is 0 Å². The van der Waals surface area contributed by atoms with Gasteiger partial charge in [0.25, 0.3) is 0 Å². The topological polar surface area (TPSA) is 89.9 Å². The number of rotatable bonds is 3. The van der Waals surface area contributed by atoms with E-state index in [2.05, 4.69) is 20.5 Å². The molecule has 0 rings (SSSR count). The minimum absolute atomic E-state index is 0.343. The molecule has 0 spiro atoms. The van der Waals surface area contributed by atoms with Gasteiger partial charge in [-0.1, -0.05) is 10.3 Å². The van der Waals surface area contributed by atoms with Crippen LogP contribution >= 0.6 is 0 Å². The Balaban J connectivity index is 4.36. The largest absolute Gasteiger partial charge is 0.411 e. The van der Waals surface area contributed by atoms with E-state index in [1.165, 1.54) is 6.21 Å². The van der Waals surface area contributed by atoms with Crippen molar-refractivity contribution in [2.24, 2.45) is 20.5 Å². The lowest BCUT2D eigenvalue weighted by Crippen LogP contribution is -2.04. The Bertz CT molecular complexity index is 278. The van der Waals surface area contributed by atoms with Crippen LogP contribution in [0, 0.1) is 0 Å². The summed E-state index contributed by atoms with van der Waals surface area (Å²) in [5.41, 5.74) is 1.22. The van der Waals surface area contributed by atoms with Crippen molar-refractivity contribution < 1.29 is 10.4 Å². The molecule has 0 amide bonds. The Morgan fingerprint density at radius 3 is 2.08 bits per heavy atom. The van der Waals surface area contributed by atoms with E-state index in [-0.39, 0.29) is 0 Å². The maximum Gasteiger partial charge on any atom is 0.0994 e. The third kappa shape index (κ3) is 4.67. The molecular formula is C7H12N4O2. The van der Waals surface area contributed by atoms with E-state index >= 15 is 0 Å².